The Morgan fingerprint density at radius 3 is 2.42 bits per heavy atom. The zero-order valence-electron chi connectivity index (χ0n) is 18.2. The Morgan fingerprint density at radius 1 is 1.03 bits per heavy atom. The number of benzene rings is 1. The standard InChI is InChI=1S/C24H32N4O2S/c1-17-10-8-9-15-21(17)28(24(30)20-16-31-27-26-20)22(18-11-4-2-5-12-18)23(29)25-19-13-6-3-7-14-19/h2,4-5,11-12,16-17,19,21-22H,3,6-10,13-15H2,1H3,(H,25,29). The van der Waals surface area contributed by atoms with Crippen molar-refractivity contribution in [1.29, 1.82) is 0 Å². The fourth-order valence-corrected chi connectivity index (χ4v) is 5.59. The van der Waals surface area contributed by atoms with Gasteiger partial charge in [0.2, 0.25) is 5.91 Å². The van der Waals surface area contributed by atoms with Gasteiger partial charge in [-0.25, -0.2) is 0 Å². The van der Waals surface area contributed by atoms with Crippen LogP contribution in [0.1, 0.15) is 86.8 Å². The van der Waals surface area contributed by atoms with E-state index in [2.05, 4.69) is 21.8 Å². The van der Waals surface area contributed by atoms with Gasteiger partial charge in [-0.15, -0.1) is 5.10 Å². The Bertz CT molecular complexity index is 852. The van der Waals surface area contributed by atoms with Crippen molar-refractivity contribution in [2.75, 3.05) is 0 Å². The van der Waals surface area contributed by atoms with E-state index in [9.17, 15) is 9.59 Å². The molecule has 4 rings (SSSR count). The minimum atomic E-state index is -0.664. The first-order valence-corrected chi connectivity index (χ1v) is 12.4. The van der Waals surface area contributed by atoms with Gasteiger partial charge >= 0.3 is 0 Å². The molecule has 2 aliphatic carbocycles. The van der Waals surface area contributed by atoms with E-state index in [1.165, 1.54) is 24.4 Å². The van der Waals surface area contributed by atoms with Gasteiger partial charge in [0, 0.05) is 17.5 Å². The van der Waals surface area contributed by atoms with Crippen LogP contribution >= 0.6 is 11.5 Å². The van der Waals surface area contributed by atoms with Gasteiger partial charge in [-0.05, 0) is 48.7 Å². The van der Waals surface area contributed by atoms with Crippen LogP contribution in [0.15, 0.2) is 35.7 Å². The minimum absolute atomic E-state index is 0.00487. The summed E-state index contributed by atoms with van der Waals surface area (Å²) in [5.41, 5.74) is 1.18. The number of aromatic nitrogens is 2. The monoisotopic (exact) mass is 440 g/mol. The molecular weight excluding hydrogens is 408 g/mol. The predicted molar refractivity (Wildman–Crippen MR) is 122 cm³/mol. The van der Waals surface area contributed by atoms with Crippen LogP contribution in [0.4, 0.5) is 0 Å². The fourth-order valence-electron chi connectivity index (χ4n) is 5.16. The summed E-state index contributed by atoms with van der Waals surface area (Å²) in [6.07, 6.45) is 9.76. The summed E-state index contributed by atoms with van der Waals surface area (Å²) in [4.78, 5) is 29.3. The van der Waals surface area contributed by atoms with E-state index >= 15 is 0 Å². The SMILES string of the molecule is CC1CCCCC1N(C(=O)c1csnn1)C(C(=O)NC1CCCCC1)c1ccccc1. The van der Waals surface area contributed by atoms with Gasteiger partial charge in [0.15, 0.2) is 5.69 Å². The van der Waals surface area contributed by atoms with E-state index in [0.29, 0.717) is 11.6 Å². The van der Waals surface area contributed by atoms with Crippen LogP contribution in [0.2, 0.25) is 0 Å². The third-order valence-electron chi connectivity index (χ3n) is 6.83. The van der Waals surface area contributed by atoms with E-state index < -0.39 is 6.04 Å². The number of carbonyl (C=O) groups excluding carboxylic acids is 2. The molecule has 166 valence electrons. The van der Waals surface area contributed by atoms with E-state index in [-0.39, 0.29) is 23.9 Å². The molecule has 1 heterocycles. The maximum atomic E-state index is 13.7. The largest absolute Gasteiger partial charge is 0.351 e. The molecule has 0 radical (unpaired) electrons. The van der Waals surface area contributed by atoms with Crippen LogP contribution < -0.4 is 5.32 Å². The lowest BCUT2D eigenvalue weighted by molar-refractivity contribution is -0.128. The lowest BCUT2D eigenvalue weighted by atomic mass is 9.83. The molecule has 0 saturated heterocycles. The van der Waals surface area contributed by atoms with Gasteiger partial charge in [-0.2, -0.15) is 0 Å². The molecule has 2 fully saturated rings. The first kappa shape index (κ1) is 21.9. The molecule has 31 heavy (non-hydrogen) atoms. The van der Waals surface area contributed by atoms with Crippen molar-refractivity contribution in [3.63, 3.8) is 0 Å². The normalized spacial score (nSPS) is 23.1. The topological polar surface area (TPSA) is 75.2 Å². The average molecular weight is 441 g/mol. The van der Waals surface area contributed by atoms with Gasteiger partial charge in [0.05, 0.1) is 0 Å². The molecule has 2 aromatic rings. The number of hydrogen-bond donors (Lipinski definition) is 1. The Balaban J connectivity index is 1.71. The first-order valence-electron chi connectivity index (χ1n) is 11.6. The molecule has 0 aliphatic heterocycles. The molecule has 7 heteroatoms. The molecule has 6 nitrogen and oxygen atoms in total. The summed E-state index contributed by atoms with van der Waals surface area (Å²) in [5.74, 6) is 0.0607. The second-order valence-corrected chi connectivity index (χ2v) is 9.60. The molecule has 1 aromatic heterocycles. The summed E-state index contributed by atoms with van der Waals surface area (Å²) < 4.78 is 3.90. The molecule has 1 aromatic carbocycles. The van der Waals surface area contributed by atoms with Crippen LogP contribution in [-0.2, 0) is 4.79 Å². The molecule has 0 spiro atoms. The molecule has 2 aliphatic rings. The second kappa shape index (κ2) is 10.4. The van der Waals surface area contributed by atoms with Crippen molar-refractivity contribution >= 4 is 23.3 Å². The number of amides is 2. The second-order valence-electron chi connectivity index (χ2n) is 8.99. The van der Waals surface area contributed by atoms with Gasteiger partial charge < -0.3 is 10.2 Å². The van der Waals surface area contributed by atoms with Gasteiger partial charge in [-0.1, -0.05) is 73.8 Å². The summed E-state index contributed by atoms with van der Waals surface area (Å²) in [6.45, 7) is 2.20. The van der Waals surface area contributed by atoms with Crippen LogP contribution in [0, 0.1) is 5.92 Å². The highest BCUT2D eigenvalue weighted by Crippen LogP contribution is 2.35. The Labute approximate surface area is 188 Å². The third-order valence-corrected chi connectivity index (χ3v) is 7.34. The highest BCUT2D eigenvalue weighted by Gasteiger charge is 2.41. The molecule has 3 atom stereocenters. The van der Waals surface area contributed by atoms with Crippen molar-refractivity contribution in [2.24, 2.45) is 5.92 Å². The van der Waals surface area contributed by atoms with Gasteiger partial charge in [-0.3, -0.25) is 9.59 Å². The van der Waals surface area contributed by atoms with Crippen molar-refractivity contribution < 1.29 is 9.59 Å². The summed E-state index contributed by atoms with van der Waals surface area (Å²) >= 11 is 1.17. The van der Waals surface area contributed by atoms with Gasteiger partial charge in [0.1, 0.15) is 6.04 Å². The summed E-state index contributed by atoms with van der Waals surface area (Å²) in [7, 11) is 0. The van der Waals surface area contributed by atoms with Crippen molar-refractivity contribution in [2.45, 2.75) is 82.8 Å². The highest BCUT2D eigenvalue weighted by molar-refractivity contribution is 7.03. The zero-order chi connectivity index (χ0) is 21.6. The fraction of sp³-hybridized carbons (Fsp3) is 0.583. The zero-order valence-corrected chi connectivity index (χ0v) is 19.0. The minimum Gasteiger partial charge on any atom is -0.351 e. The molecule has 1 N–H and O–H groups in total. The number of hydrogen-bond acceptors (Lipinski definition) is 5. The quantitative estimate of drug-likeness (QED) is 0.703. The number of rotatable bonds is 6. The van der Waals surface area contributed by atoms with E-state index in [1.54, 1.807) is 5.38 Å². The predicted octanol–water partition coefficient (Wildman–Crippen LogP) is 4.75. The van der Waals surface area contributed by atoms with Gasteiger partial charge in [0.25, 0.3) is 5.91 Å². The first-order chi connectivity index (χ1) is 15.1. The van der Waals surface area contributed by atoms with Crippen LogP contribution in [-0.4, -0.2) is 38.4 Å². The van der Waals surface area contributed by atoms with Crippen molar-refractivity contribution in [3.8, 4) is 0 Å². The Kier molecular flexibility index (Phi) is 7.33. The molecule has 3 unspecified atom stereocenters. The van der Waals surface area contributed by atoms with Crippen LogP contribution in [0.5, 0.6) is 0 Å². The average Bonchev–Trinajstić information content (AvgIpc) is 3.34. The lowest BCUT2D eigenvalue weighted by Gasteiger charge is -2.42. The Hall–Kier alpha value is -2.28. The summed E-state index contributed by atoms with van der Waals surface area (Å²) in [6, 6.07) is 9.26. The number of nitrogens with one attached hydrogen (secondary N) is 1. The summed E-state index contributed by atoms with van der Waals surface area (Å²) in [5, 5.41) is 9.02. The number of nitrogens with zero attached hydrogens (tertiary/aromatic N) is 3. The van der Waals surface area contributed by atoms with E-state index in [1.807, 2.05) is 35.2 Å². The lowest BCUT2D eigenvalue weighted by Crippen LogP contribution is -2.53. The molecule has 0 bridgehead atoms. The molecule has 2 saturated carbocycles. The van der Waals surface area contributed by atoms with Crippen molar-refractivity contribution in [3.05, 3.63) is 47.0 Å². The van der Waals surface area contributed by atoms with E-state index in [0.717, 1.165) is 50.5 Å². The molecular formula is C24H32N4O2S. The maximum absolute atomic E-state index is 13.7. The van der Waals surface area contributed by atoms with Crippen LogP contribution in [0.3, 0.4) is 0 Å². The molecule has 2 amide bonds. The number of carbonyl (C=O) groups is 2. The third kappa shape index (κ3) is 5.14. The van der Waals surface area contributed by atoms with Crippen molar-refractivity contribution in [1.82, 2.24) is 19.8 Å². The Morgan fingerprint density at radius 2 is 1.74 bits per heavy atom. The smallest absolute Gasteiger partial charge is 0.276 e. The highest BCUT2D eigenvalue weighted by atomic mass is 32.1. The maximum Gasteiger partial charge on any atom is 0.276 e. The van der Waals surface area contributed by atoms with E-state index in [4.69, 9.17) is 0 Å². The van der Waals surface area contributed by atoms with Crippen LogP contribution in [0.25, 0.3) is 0 Å².